The van der Waals surface area contributed by atoms with E-state index in [9.17, 15) is 22.8 Å². The number of hydrogen-bond donors (Lipinski definition) is 0. The summed E-state index contributed by atoms with van der Waals surface area (Å²) in [5, 5.41) is 8.10. The molecule has 2 aromatic heterocycles. The van der Waals surface area contributed by atoms with Gasteiger partial charge in [0.15, 0.2) is 11.4 Å². The van der Waals surface area contributed by atoms with Crippen LogP contribution in [-0.2, 0) is 11.0 Å². The molecule has 1 amide bonds. The summed E-state index contributed by atoms with van der Waals surface area (Å²) in [4.78, 5) is 26.9. The number of nitrogens with zero attached hydrogens (tertiary/aromatic N) is 4. The Hall–Kier alpha value is -3.43. The number of benzene rings is 1. The van der Waals surface area contributed by atoms with Gasteiger partial charge in [0.25, 0.3) is 0 Å². The van der Waals surface area contributed by atoms with Gasteiger partial charge in [-0.05, 0) is 56.2 Å². The van der Waals surface area contributed by atoms with E-state index < -0.39 is 11.7 Å². The van der Waals surface area contributed by atoms with Crippen molar-refractivity contribution >= 4 is 17.3 Å². The number of likely N-dealkylation sites (tertiary alicyclic amines) is 1. The van der Waals surface area contributed by atoms with Crippen LogP contribution in [0.5, 0.6) is 5.75 Å². The van der Waals surface area contributed by atoms with E-state index in [1.807, 2.05) is 6.92 Å². The number of fused-ring (bicyclic) bond motifs is 1. The molecule has 0 bridgehead atoms. The zero-order chi connectivity index (χ0) is 24.3. The molecule has 10 heteroatoms. The van der Waals surface area contributed by atoms with Gasteiger partial charge in [0.1, 0.15) is 11.6 Å². The largest absolute Gasteiger partial charge is 0.494 e. The average molecular weight is 474 g/mol. The first-order valence-electron chi connectivity index (χ1n) is 11.2. The van der Waals surface area contributed by atoms with Crippen LogP contribution in [0.15, 0.2) is 42.6 Å². The van der Waals surface area contributed by atoms with Gasteiger partial charge in [-0.25, -0.2) is 0 Å². The first kappa shape index (κ1) is 23.7. The highest BCUT2D eigenvalue weighted by atomic mass is 19.4. The van der Waals surface area contributed by atoms with Gasteiger partial charge in [0.05, 0.1) is 12.2 Å². The summed E-state index contributed by atoms with van der Waals surface area (Å²) < 4.78 is 46.2. The number of ketones is 1. The molecule has 180 valence electrons. The monoisotopic (exact) mass is 474 g/mol. The van der Waals surface area contributed by atoms with Crippen LogP contribution in [-0.4, -0.2) is 50.9 Å². The number of carbonyl (C=O) groups is 2. The number of aromatic nitrogens is 3. The van der Waals surface area contributed by atoms with E-state index in [0.717, 1.165) is 12.3 Å². The molecule has 0 spiro atoms. The van der Waals surface area contributed by atoms with E-state index in [1.165, 1.54) is 10.5 Å². The second kappa shape index (κ2) is 9.82. The molecule has 34 heavy (non-hydrogen) atoms. The standard InChI is InChI=1S/C24H25F3N4O3/c1-2-34-19-8-5-16(6-9-19)20(32)10-12-22(33)30-13-3-4-17(14-30)23-29-28-21-11-7-18(15-31(21)23)24(25,26)27/h5-9,11,15,17H,2-4,10,12-14H2,1H3. The molecule has 0 aliphatic carbocycles. The zero-order valence-electron chi connectivity index (χ0n) is 18.7. The quantitative estimate of drug-likeness (QED) is 0.471. The highest BCUT2D eigenvalue weighted by Crippen LogP contribution is 2.31. The Balaban J connectivity index is 1.40. The number of hydrogen-bond acceptors (Lipinski definition) is 5. The van der Waals surface area contributed by atoms with Crippen molar-refractivity contribution in [3.63, 3.8) is 0 Å². The summed E-state index contributed by atoms with van der Waals surface area (Å²) in [6, 6.07) is 9.08. The number of amides is 1. The van der Waals surface area contributed by atoms with Crippen LogP contribution in [0.3, 0.4) is 0 Å². The third kappa shape index (κ3) is 5.21. The van der Waals surface area contributed by atoms with Gasteiger partial charge in [0.2, 0.25) is 5.91 Å². The second-order valence-electron chi connectivity index (χ2n) is 8.26. The minimum atomic E-state index is -4.47. The maximum absolute atomic E-state index is 13.2. The maximum Gasteiger partial charge on any atom is 0.417 e. The molecule has 1 aliphatic rings. The molecule has 1 aliphatic heterocycles. The second-order valence-corrected chi connectivity index (χ2v) is 8.26. The first-order chi connectivity index (χ1) is 16.3. The summed E-state index contributed by atoms with van der Waals surface area (Å²) in [6.07, 6.45) is -1.95. The smallest absolute Gasteiger partial charge is 0.417 e. The number of alkyl halides is 3. The van der Waals surface area contributed by atoms with E-state index in [-0.39, 0.29) is 30.4 Å². The lowest BCUT2D eigenvalue weighted by Gasteiger charge is -2.32. The Kier molecular flexibility index (Phi) is 6.85. The Labute approximate surface area is 194 Å². The Morgan fingerprint density at radius 3 is 2.56 bits per heavy atom. The van der Waals surface area contributed by atoms with Crippen LogP contribution in [0.1, 0.15) is 60.3 Å². The van der Waals surface area contributed by atoms with Crippen molar-refractivity contribution in [2.45, 2.75) is 44.7 Å². The minimum absolute atomic E-state index is 0.0670. The fourth-order valence-corrected chi connectivity index (χ4v) is 4.20. The predicted molar refractivity (Wildman–Crippen MR) is 118 cm³/mol. The summed E-state index contributed by atoms with van der Waals surface area (Å²) in [5.74, 6) is 0.557. The predicted octanol–water partition coefficient (Wildman–Crippen LogP) is 4.52. The third-order valence-corrected chi connectivity index (χ3v) is 5.95. The molecular formula is C24H25F3N4O3. The van der Waals surface area contributed by atoms with E-state index in [1.54, 1.807) is 29.2 Å². The summed E-state index contributed by atoms with van der Waals surface area (Å²) >= 11 is 0. The van der Waals surface area contributed by atoms with E-state index >= 15 is 0 Å². The molecule has 1 aromatic carbocycles. The van der Waals surface area contributed by atoms with Gasteiger partial charge in [-0.3, -0.25) is 14.0 Å². The lowest BCUT2D eigenvalue weighted by Crippen LogP contribution is -2.39. The Morgan fingerprint density at radius 2 is 1.85 bits per heavy atom. The van der Waals surface area contributed by atoms with Gasteiger partial charge < -0.3 is 9.64 Å². The van der Waals surface area contributed by atoms with Crippen molar-refractivity contribution in [1.29, 1.82) is 0 Å². The maximum atomic E-state index is 13.2. The first-order valence-corrected chi connectivity index (χ1v) is 11.2. The van der Waals surface area contributed by atoms with Gasteiger partial charge in [-0.2, -0.15) is 13.2 Å². The fraction of sp³-hybridized carbons (Fsp3) is 0.417. The van der Waals surface area contributed by atoms with E-state index in [0.29, 0.717) is 55.3 Å². The Morgan fingerprint density at radius 1 is 1.09 bits per heavy atom. The van der Waals surface area contributed by atoms with Crippen molar-refractivity contribution in [3.8, 4) is 5.75 Å². The van der Waals surface area contributed by atoms with Crippen LogP contribution in [0.25, 0.3) is 5.65 Å². The molecule has 1 saturated heterocycles. The van der Waals surface area contributed by atoms with Crippen LogP contribution >= 0.6 is 0 Å². The molecule has 0 N–H and O–H groups in total. The van der Waals surface area contributed by atoms with Crippen molar-refractivity contribution in [3.05, 3.63) is 59.5 Å². The molecule has 1 atom stereocenters. The number of Topliss-reactive ketones (excluding diaryl/α,β-unsaturated/α-hetero) is 1. The zero-order valence-corrected chi connectivity index (χ0v) is 18.7. The van der Waals surface area contributed by atoms with Crippen molar-refractivity contribution < 1.29 is 27.5 Å². The SMILES string of the molecule is CCOc1ccc(C(=O)CCC(=O)N2CCCC(c3nnc4ccc(C(F)(F)F)cn34)C2)cc1. The van der Waals surface area contributed by atoms with Gasteiger partial charge >= 0.3 is 6.18 Å². The number of carbonyl (C=O) groups excluding carboxylic acids is 2. The number of pyridine rings is 1. The number of rotatable bonds is 7. The molecule has 0 radical (unpaired) electrons. The highest BCUT2D eigenvalue weighted by Gasteiger charge is 2.32. The molecule has 7 nitrogen and oxygen atoms in total. The van der Waals surface area contributed by atoms with E-state index in [4.69, 9.17) is 4.74 Å². The van der Waals surface area contributed by atoms with Gasteiger partial charge in [0, 0.05) is 43.6 Å². The minimum Gasteiger partial charge on any atom is -0.494 e. The topological polar surface area (TPSA) is 76.8 Å². The van der Waals surface area contributed by atoms with E-state index in [2.05, 4.69) is 10.2 Å². The molecule has 0 saturated carbocycles. The van der Waals surface area contributed by atoms with Crippen LogP contribution in [0.4, 0.5) is 13.2 Å². The number of halogens is 3. The van der Waals surface area contributed by atoms with Gasteiger partial charge in [-0.1, -0.05) is 0 Å². The van der Waals surface area contributed by atoms with Crippen molar-refractivity contribution in [1.82, 2.24) is 19.5 Å². The average Bonchev–Trinajstić information content (AvgIpc) is 3.26. The Bertz CT molecular complexity index is 1170. The molecule has 1 unspecified atom stereocenters. The summed E-state index contributed by atoms with van der Waals surface area (Å²) in [7, 11) is 0. The number of piperidine rings is 1. The molecule has 3 aromatic rings. The van der Waals surface area contributed by atoms with Crippen LogP contribution in [0, 0.1) is 0 Å². The number of ether oxygens (including phenoxy) is 1. The van der Waals surface area contributed by atoms with Crippen LogP contribution < -0.4 is 4.74 Å². The van der Waals surface area contributed by atoms with Crippen molar-refractivity contribution in [2.75, 3.05) is 19.7 Å². The highest BCUT2D eigenvalue weighted by molar-refractivity contribution is 5.98. The lowest BCUT2D eigenvalue weighted by atomic mass is 9.96. The lowest BCUT2D eigenvalue weighted by molar-refractivity contribution is -0.137. The van der Waals surface area contributed by atoms with Gasteiger partial charge in [-0.15, -0.1) is 10.2 Å². The fourth-order valence-electron chi connectivity index (χ4n) is 4.20. The molecular weight excluding hydrogens is 449 g/mol. The molecule has 3 heterocycles. The third-order valence-electron chi connectivity index (χ3n) is 5.95. The molecule has 4 rings (SSSR count). The molecule has 1 fully saturated rings. The van der Waals surface area contributed by atoms with Crippen molar-refractivity contribution in [2.24, 2.45) is 0 Å². The summed E-state index contributed by atoms with van der Waals surface area (Å²) in [6.45, 7) is 3.28. The van der Waals surface area contributed by atoms with Crippen LogP contribution in [0.2, 0.25) is 0 Å². The summed E-state index contributed by atoms with van der Waals surface area (Å²) in [5.41, 5.74) is 0.0631. The normalized spacial score (nSPS) is 16.6.